The van der Waals surface area contributed by atoms with E-state index >= 15 is 0 Å². The van der Waals surface area contributed by atoms with E-state index in [0.29, 0.717) is 19.4 Å². The highest BCUT2D eigenvalue weighted by molar-refractivity contribution is 5.69. The quantitative estimate of drug-likeness (QED) is 0.0346. The number of allylic oxidation sites excluding steroid dienone is 12. The maximum absolute atomic E-state index is 12.6. The van der Waals surface area contributed by atoms with Crippen molar-refractivity contribution in [1.29, 1.82) is 0 Å². The zero-order chi connectivity index (χ0) is 47.7. The summed E-state index contributed by atoms with van der Waals surface area (Å²) in [5, 5.41) is 0. The lowest BCUT2D eigenvalue weighted by Gasteiger charge is -2.18. The molecule has 0 aliphatic rings. The standard InChI is InChI=1S/C61H108O5/c1-4-7-10-13-16-19-22-25-28-31-33-36-39-42-45-48-51-54-60(62)65-57-59(64-56-53-50-47-44-41-38-35-30-27-24-21-18-15-12-9-6-3)58-66-61(63)55-52-49-46-43-40-37-34-32-29-26-23-20-17-14-11-8-5-2/h16-17,19-20,25-26,28-29,33-34,36-37,59H,4-15,18,21-24,27,30-32,35,38-58H2,1-3H3/b19-16-,20-17-,28-25-,29-26-,36-33-,37-34-. The van der Waals surface area contributed by atoms with Crippen molar-refractivity contribution in [1.82, 2.24) is 0 Å². The lowest BCUT2D eigenvalue weighted by atomic mass is 10.0. The maximum atomic E-state index is 12.6. The van der Waals surface area contributed by atoms with Crippen LogP contribution in [-0.2, 0) is 23.8 Å². The van der Waals surface area contributed by atoms with Gasteiger partial charge in [0.05, 0.1) is 0 Å². The molecule has 0 aliphatic carbocycles. The van der Waals surface area contributed by atoms with Crippen molar-refractivity contribution in [2.75, 3.05) is 19.8 Å². The van der Waals surface area contributed by atoms with Gasteiger partial charge >= 0.3 is 11.9 Å². The Morgan fingerprint density at radius 1 is 0.318 bits per heavy atom. The van der Waals surface area contributed by atoms with E-state index in [1.54, 1.807) is 0 Å². The molecule has 66 heavy (non-hydrogen) atoms. The molecule has 0 heterocycles. The van der Waals surface area contributed by atoms with Crippen molar-refractivity contribution in [3.05, 3.63) is 72.9 Å². The van der Waals surface area contributed by atoms with E-state index in [1.807, 2.05) is 0 Å². The summed E-state index contributed by atoms with van der Waals surface area (Å²) in [7, 11) is 0. The van der Waals surface area contributed by atoms with Gasteiger partial charge in [0.1, 0.15) is 19.3 Å². The van der Waals surface area contributed by atoms with E-state index in [-0.39, 0.29) is 25.2 Å². The summed E-state index contributed by atoms with van der Waals surface area (Å²) in [5.74, 6) is -0.376. The Bertz CT molecular complexity index is 1110. The van der Waals surface area contributed by atoms with Gasteiger partial charge in [-0.05, 0) is 96.3 Å². The molecule has 0 aliphatic heterocycles. The molecule has 0 spiro atoms. The van der Waals surface area contributed by atoms with Gasteiger partial charge in [0.25, 0.3) is 0 Å². The van der Waals surface area contributed by atoms with Crippen molar-refractivity contribution >= 4 is 11.9 Å². The largest absolute Gasteiger partial charge is 0.463 e. The Kier molecular flexibility index (Phi) is 54.4. The van der Waals surface area contributed by atoms with Gasteiger partial charge in [0, 0.05) is 19.4 Å². The number of hydrogen-bond acceptors (Lipinski definition) is 5. The fourth-order valence-electron chi connectivity index (χ4n) is 7.91. The van der Waals surface area contributed by atoms with Gasteiger partial charge in [-0.2, -0.15) is 0 Å². The fourth-order valence-corrected chi connectivity index (χ4v) is 7.91. The highest BCUT2D eigenvalue weighted by Gasteiger charge is 2.16. The normalized spacial score (nSPS) is 12.3. The van der Waals surface area contributed by atoms with E-state index < -0.39 is 6.10 Å². The van der Waals surface area contributed by atoms with E-state index in [4.69, 9.17) is 14.2 Å². The van der Waals surface area contributed by atoms with Gasteiger partial charge in [-0.3, -0.25) is 9.59 Å². The molecule has 382 valence electrons. The van der Waals surface area contributed by atoms with Gasteiger partial charge in [0.15, 0.2) is 0 Å². The summed E-state index contributed by atoms with van der Waals surface area (Å²) in [4.78, 5) is 25.3. The third-order valence-corrected chi connectivity index (χ3v) is 12.3. The number of hydrogen-bond donors (Lipinski definition) is 0. The monoisotopic (exact) mass is 921 g/mol. The summed E-state index contributed by atoms with van der Waals surface area (Å²) >= 11 is 0. The number of esters is 2. The van der Waals surface area contributed by atoms with Crippen LogP contribution >= 0.6 is 0 Å². The van der Waals surface area contributed by atoms with Crippen LogP contribution < -0.4 is 0 Å². The molecule has 0 radical (unpaired) electrons. The SMILES string of the molecule is CCCCC/C=C\C/C=C\C/C=C\CCCCCCC(=O)OCC(COC(=O)CCCCCC/C=C\C/C=C\C/C=C\CCCCC)OCCCCCCCCCCCCCCCCCC. The lowest BCUT2D eigenvalue weighted by molar-refractivity contribution is -0.155. The van der Waals surface area contributed by atoms with Crippen LogP contribution in [0.5, 0.6) is 0 Å². The first-order valence-electron chi connectivity index (χ1n) is 28.5. The van der Waals surface area contributed by atoms with Crippen LogP contribution in [0.25, 0.3) is 0 Å². The molecule has 0 rings (SSSR count). The summed E-state index contributed by atoms with van der Waals surface area (Å²) in [6.45, 7) is 7.65. The second-order valence-electron chi connectivity index (χ2n) is 18.8. The van der Waals surface area contributed by atoms with E-state index in [0.717, 1.165) is 103 Å². The molecule has 0 saturated heterocycles. The molecule has 0 bridgehead atoms. The highest BCUT2D eigenvalue weighted by Crippen LogP contribution is 2.15. The second kappa shape index (κ2) is 56.7. The van der Waals surface area contributed by atoms with Crippen molar-refractivity contribution < 1.29 is 23.8 Å². The summed E-state index contributed by atoms with van der Waals surface area (Å²) < 4.78 is 17.5. The van der Waals surface area contributed by atoms with Crippen LogP contribution in [0.3, 0.4) is 0 Å². The summed E-state index contributed by atoms with van der Waals surface area (Å²) in [5.41, 5.74) is 0. The Hall–Kier alpha value is -2.66. The molecule has 0 fully saturated rings. The molecule has 0 aromatic carbocycles. The van der Waals surface area contributed by atoms with Crippen LogP contribution in [-0.4, -0.2) is 37.9 Å². The van der Waals surface area contributed by atoms with Gasteiger partial charge in [-0.15, -0.1) is 0 Å². The molecule has 0 aromatic heterocycles. The van der Waals surface area contributed by atoms with Crippen LogP contribution in [0.1, 0.15) is 278 Å². The van der Waals surface area contributed by atoms with E-state index in [9.17, 15) is 9.59 Å². The summed E-state index contributed by atoms with van der Waals surface area (Å²) in [6, 6.07) is 0. The Labute approximate surface area is 410 Å². The van der Waals surface area contributed by atoms with Crippen molar-refractivity contribution in [2.45, 2.75) is 284 Å². The molecule has 0 aromatic rings. The minimum absolute atomic E-state index is 0.138. The third kappa shape index (κ3) is 54.0. The maximum Gasteiger partial charge on any atom is 0.305 e. The Balaban J connectivity index is 4.34. The minimum atomic E-state index is -0.420. The number of rotatable bonds is 52. The number of unbranched alkanes of at least 4 members (excludes halogenated alkanes) is 29. The second-order valence-corrected chi connectivity index (χ2v) is 18.8. The number of ether oxygens (including phenoxy) is 3. The smallest absolute Gasteiger partial charge is 0.305 e. The third-order valence-electron chi connectivity index (χ3n) is 12.3. The van der Waals surface area contributed by atoms with Gasteiger partial charge in [0.2, 0.25) is 0 Å². The van der Waals surface area contributed by atoms with Crippen molar-refractivity contribution in [3.8, 4) is 0 Å². The highest BCUT2D eigenvalue weighted by atomic mass is 16.6. The first-order valence-corrected chi connectivity index (χ1v) is 28.5. The average Bonchev–Trinajstić information content (AvgIpc) is 3.32. The van der Waals surface area contributed by atoms with Gasteiger partial charge in [-0.25, -0.2) is 0 Å². The first kappa shape index (κ1) is 63.3. The topological polar surface area (TPSA) is 61.8 Å². The zero-order valence-corrected chi connectivity index (χ0v) is 44.0. The summed E-state index contributed by atoms with van der Waals surface area (Å²) in [6.07, 6.45) is 73.6. The van der Waals surface area contributed by atoms with Crippen molar-refractivity contribution in [2.24, 2.45) is 0 Å². The number of carbonyl (C=O) groups is 2. The molecule has 0 saturated carbocycles. The molecular formula is C61H108O5. The predicted octanol–water partition coefficient (Wildman–Crippen LogP) is 19.5. The van der Waals surface area contributed by atoms with Gasteiger partial charge < -0.3 is 14.2 Å². The Morgan fingerprint density at radius 3 is 0.924 bits per heavy atom. The lowest BCUT2D eigenvalue weighted by Crippen LogP contribution is -2.29. The van der Waals surface area contributed by atoms with Crippen LogP contribution in [0.4, 0.5) is 0 Å². The van der Waals surface area contributed by atoms with Crippen LogP contribution in [0.15, 0.2) is 72.9 Å². The molecule has 0 atom stereocenters. The molecule has 5 nitrogen and oxygen atoms in total. The van der Waals surface area contributed by atoms with E-state index in [1.165, 1.54) is 141 Å². The molecular weight excluding hydrogens is 813 g/mol. The molecule has 0 amide bonds. The minimum Gasteiger partial charge on any atom is -0.463 e. The molecule has 5 heteroatoms. The first-order chi connectivity index (χ1) is 32.6. The Morgan fingerprint density at radius 2 is 0.576 bits per heavy atom. The number of carbonyl (C=O) groups excluding carboxylic acids is 2. The van der Waals surface area contributed by atoms with Crippen molar-refractivity contribution in [3.63, 3.8) is 0 Å². The van der Waals surface area contributed by atoms with Crippen LogP contribution in [0, 0.1) is 0 Å². The zero-order valence-electron chi connectivity index (χ0n) is 44.0. The van der Waals surface area contributed by atoms with E-state index in [2.05, 4.69) is 93.7 Å². The fraction of sp³-hybridized carbons (Fsp3) is 0.770. The molecule has 0 N–H and O–H groups in total. The van der Waals surface area contributed by atoms with Crippen LogP contribution in [0.2, 0.25) is 0 Å². The van der Waals surface area contributed by atoms with Gasteiger partial charge in [-0.1, -0.05) is 241 Å². The average molecular weight is 922 g/mol. The molecule has 0 unspecified atom stereocenters. The predicted molar refractivity (Wildman–Crippen MR) is 288 cm³/mol.